The van der Waals surface area contributed by atoms with Crippen molar-refractivity contribution in [1.29, 1.82) is 0 Å². The SMILES string of the molecule is CCC(C)OC(=O)C(CCCCC(C)(C)CO)C(=O)O. The molecule has 0 aromatic carbocycles. The summed E-state index contributed by atoms with van der Waals surface area (Å²) in [7, 11) is 0. The Labute approximate surface area is 121 Å². The number of ether oxygens (including phenoxy) is 1. The Kier molecular flexibility index (Phi) is 8.46. The molecule has 0 saturated carbocycles. The van der Waals surface area contributed by atoms with Gasteiger partial charge in [0.15, 0.2) is 5.92 Å². The standard InChI is InChI=1S/C15H28O5/c1-5-11(2)20-14(19)12(13(17)18)8-6-7-9-15(3,4)10-16/h11-12,16H,5-10H2,1-4H3,(H,17,18). The third kappa shape index (κ3) is 7.48. The van der Waals surface area contributed by atoms with Crippen molar-refractivity contribution in [3.05, 3.63) is 0 Å². The van der Waals surface area contributed by atoms with Crippen LogP contribution in [-0.4, -0.2) is 34.9 Å². The van der Waals surface area contributed by atoms with E-state index in [1.54, 1.807) is 6.92 Å². The van der Waals surface area contributed by atoms with Crippen molar-refractivity contribution in [2.45, 2.75) is 65.9 Å². The number of hydrogen-bond acceptors (Lipinski definition) is 4. The maximum Gasteiger partial charge on any atom is 0.320 e. The average molecular weight is 288 g/mol. The molecule has 0 radical (unpaired) electrons. The van der Waals surface area contributed by atoms with Gasteiger partial charge < -0.3 is 14.9 Å². The summed E-state index contributed by atoms with van der Waals surface area (Å²) in [6.07, 6.45) is 2.92. The van der Waals surface area contributed by atoms with Gasteiger partial charge in [-0.2, -0.15) is 0 Å². The Morgan fingerprint density at radius 2 is 1.85 bits per heavy atom. The maximum absolute atomic E-state index is 11.8. The quantitative estimate of drug-likeness (QED) is 0.367. The topological polar surface area (TPSA) is 83.8 Å². The highest BCUT2D eigenvalue weighted by Gasteiger charge is 2.28. The van der Waals surface area contributed by atoms with Gasteiger partial charge in [0.2, 0.25) is 0 Å². The van der Waals surface area contributed by atoms with Gasteiger partial charge in [0.1, 0.15) is 0 Å². The van der Waals surface area contributed by atoms with Crippen LogP contribution in [0, 0.1) is 11.3 Å². The molecule has 0 aromatic heterocycles. The molecule has 118 valence electrons. The van der Waals surface area contributed by atoms with Crippen molar-refractivity contribution in [2.75, 3.05) is 6.61 Å². The first-order valence-electron chi connectivity index (χ1n) is 7.27. The number of aliphatic carboxylic acids is 1. The average Bonchev–Trinajstić information content (AvgIpc) is 2.37. The number of carboxylic acids is 1. The highest BCUT2D eigenvalue weighted by molar-refractivity contribution is 5.93. The number of hydrogen-bond donors (Lipinski definition) is 2. The fourth-order valence-electron chi connectivity index (χ4n) is 1.74. The molecule has 0 amide bonds. The summed E-state index contributed by atoms with van der Waals surface area (Å²) in [4.78, 5) is 22.9. The summed E-state index contributed by atoms with van der Waals surface area (Å²) < 4.78 is 5.08. The zero-order valence-corrected chi connectivity index (χ0v) is 13.0. The third-order valence-electron chi connectivity index (χ3n) is 3.50. The molecule has 0 bridgehead atoms. The van der Waals surface area contributed by atoms with Crippen molar-refractivity contribution in [2.24, 2.45) is 11.3 Å². The van der Waals surface area contributed by atoms with Crippen molar-refractivity contribution in [3.8, 4) is 0 Å². The number of carbonyl (C=O) groups is 2. The van der Waals surface area contributed by atoms with Crippen LogP contribution in [0.3, 0.4) is 0 Å². The molecule has 5 nitrogen and oxygen atoms in total. The summed E-state index contributed by atoms with van der Waals surface area (Å²) in [6.45, 7) is 7.65. The number of esters is 1. The molecule has 0 fully saturated rings. The van der Waals surface area contributed by atoms with E-state index in [1.165, 1.54) is 0 Å². The Morgan fingerprint density at radius 3 is 2.30 bits per heavy atom. The van der Waals surface area contributed by atoms with E-state index in [0.717, 1.165) is 12.8 Å². The molecule has 0 aliphatic heterocycles. The van der Waals surface area contributed by atoms with Gasteiger partial charge in [0.25, 0.3) is 0 Å². The second-order valence-corrected chi connectivity index (χ2v) is 6.11. The minimum Gasteiger partial charge on any atom is -0.481 e. The lowest BCUT2D eigenvalue weighted by molar-refractivity contribution is -0.162. The summed E-state index contributed by atoms with van der Waals surface area (Å²) in [6, 6.07) is 0. The summed E-state index contributed by atoms with van der Waals surface area (Å²) in [5, 5.41) is 18.2. The number of rotatable bonds is 10. The summed E-state index contributed by atoms with van der Waals surface area (Å²) in [5.74, 6) is -2.85. The lowest BCUT2D eigenvalue weighted by atomic mass is 9.87. The molecule has 2 unspecified atom stereocenters. The lowest BCUT2D eigenvalue weighted by Crippen LogP contribution is -2.28. The van der Waals surface area contributed by atoms with Crippen molar-refractivity contribution < 1.29 is 24.5 Å². The molecule has 0 aromatic rings. The Hall–Kier alpha value is -1.10. The Morgan fingerprint density at radius 1 is 1.25 bits per heavy atom. The van der Waals surface area contributed by atoms with Gasteiger partial charge in [0, 0.05) is 6.61 Å². The van der Waals surface area contributed by atoms with Gasteiger partial charge in [-0.05, 0) is 31.6 Å². The largest absolute Gasteiger partial charge is 0.481 e. The number of unbranched alkanes of at least 4 members (excludes halogenated alkanes) is 1. The molecular formula is C15H28O5. The fraction of sp³-hybridized carbons (Fsp3) is 0.867. The molecule has 5 heteroatoms. The van der Waals surface area contributed by atoms with Crippen molar-refractivity contribution >= 4 is 11.9 Å². The first kappa shape index (κ1) is 18.9. The minimum atomic E-state index is -1.13. The minimum absolute atomic E-state index is 0.103. The molecular weight excluding hydrogens is 260 g/mol. The van der Waals surface area contributed by atoms with Crippen LogP contribution in [-0.2, 0) is 14.3 Å². The van der Waals surface area contributed by atoms with E-state index in [1.807, 2.05) is 20.8 Å². The van der Waals surface area contributed by atoms with Gasteiger partial charge in [0.05, 0.1) is 6.10 Å². The number of aliphatic hydroxyl groups is 1. The molecule has 0 rings (SSSR count). The zero-order valence-electron chi connectivity index (χ0n) is 13.0. The van der Waals surface area contributed by atoms with Crippen LogP contribution >= 0.6 is 0 Å². The fourth-order valence-corrected chi connectivity index (χ4v) is 1.74. The Balaban J connectivity index is 4.23. The van der Waals surface area contributed by atoms with E-state index in [0.29, 0.717) is 12.8 Å². The maximum atomic E-state index is 11.8. The van der Waals surface area contributed by atoms with E-state index in [9.17, 15) is 9.59 Å². The van der Waals surface area contributed by atoms with Crippen molar-refractivity contribution in [3.63, 3.8) is 0 Å². The molecule has 2 N–H and O–H groups in total. The summed E-state index contributed by atoms with van der Waals surface area (Å²) >= 11 is 0. The number of carboxylic acid groups (broad SMARTS) is 1. The van der Waals surface area contributed by atoms with Crippen LogP contribution in [0.15, 0.2) is 0 Å². The van der Waals surface area contributed by atoms with Gasteiger partial charge in [-0.1, -0.05) is 33.6 Å². The van der Waals surface area contributed by atoms with Crippen LogP contribution < -0.4 is 0 Å². The van der Waals surface area contributed by atoms with E-state index < -0.39 is 17.9 Å². The van der Waals surface area contributed by atoms with Crippen LogP contribution in [0.1, 0.15) is 59.8 Å². The predicted molar refractivity (Wildman–Crippen MR) is 76.3 cm³/mol. The predicted octanol–water partition coefficient (Wildman–Crippen LogP) is 2.61. The smallest absolute Gasteiger partial charge is 0.320 e. The van der Waals surface area contributed by atoms with Crippen LogP contribution in [0.5, 0.6) is 0 Å². The van der Waals surface area contributed by atoms with Crippen LogP contribution in [0.2, 0.25) is 0 Å². The number of carbonyl (C=O) groups excluding carboxylic acids is 1. The van der Waals surface area contributed by atoms with E-state index >= 15 is 0 Å². The van der Waals surface area contributed by atoms with Crippen LogP contribution in [0.25, 0.3) is 0 Å². The lowest BCUT2D eigenvalue weighted by Gasteiger charge is -2.21. The van der Waals surface area contributed by atoms with E-state index in [4.69, 9.17) is 14.9 Å². The van der Waals surface area contributed by atoms with Gasteiger partial charge in [-0.25, -0.2) is 0 Å². The van der Waals surface area contributed by atoms with E-state index in [2.05, 4.69) is 0 Å². The second kappa shape index (κ2) is 8.95. The van der Waals surface area contributed by atoms with Gasteiger partial charge in [-0.15, -0.1) is 0 Å². The first-order valence-corrected chi connectivity index (χ1v) is 7.27. The van der Waals surface area contributed by atoms with Crippen molar-refractivity contribution in [1.82, 2.24) is 0 Å². The Bertz CT molecular complexity index is 311. The zero-order chi connectivity index (χ0) is 15.8. The highest BCUT2D eigenvalue weighted by atomic mass is 16.5. The number of aliphatic hydroxyl groups excluding tert-OH is 1. The van der Waals surface area contributed by atoms with Gasteiger partial charge in [-0.3, -0.25) is 9.59 Å². The molecule has 0 saturated heterocycles. The third-order valence-corrected chi connectivity index (χ3v) is 3.50. The van der Waals surface area contributed by atoms with E-state index in [-0.39, 0.29) is 24.5 Å². The van der Waals surface area contributed by atoms with Crippen LogP contribution in [0.4, 0.5) is 0 Å². The molecule has 0 aliphatic carbocycles. The first-order chi connectivity index (χ1) is 9.23. The molecule has 0 spiro atoms. The normalized spacial score (nSPS) is 14.7. The molecule has 0 aliphatic rings. The molecule has 0 heterocycles. The second-order valence-electron chi connectivity index (χ2n) is 6.11. The summed E-state index contributed by atoms with van der Waals surface area (Å²) in [5.41, 5.74) is -0.157. The molecule has 2 atom stereocenters. The highest BCUT2D eigenvalue weighted by Crippen LogP contribution is 2.24. The van der Waals surface area contributed by atoms with Gasteiger partial charge >= 0.3 is 11.9 Å². The molecule has 20 heavy (non-hydrogen) atoms. The monoisotopic (exact) mass is 288 g/mol.